The second-order valence-corrected chi connectivity index (χ2v) is 3.54. The third kappa shape index (κ3) is 2.44. The van der Waals surface area contributed by atoms with Crippen molar-refractivity contribution in [2.24, 2.45) is 0 Å². The van der Waals surface area contributed by atoms with Gasteiger partial charge in [-0.15, -0.1) is 0 Å². The van der Waals surface area contributed by atoms with E-state index in [4.69, 9.17) is 9.47 Å². The fourth-order valence-electron chi connectivity index (χ4n) is 1.86. The highest BCUT2D eigenvalue weighted by Gasteiger charge is 2.31. The first-order valence-corrected chi connectivity index (χ1v) is 4.75. The fourth-order valence-corrected chi connectivity index (χ4v) is 1.86. The van der Waals surface area contributed by atoms with E-state index in [1.54, 1.807) is 7.11 Å². The standard InChI is InChI=1S/C9H20NO2/c1-3-12-9-10(8-11-2)6-4-5-7-10/h3-9H2,1-2H3/q+1. The van der Waals surface area contributed by atoms with Crippen LogP contribution in [0.3, 0.4) is 0 Å². The highest BCUT2D eigenvalue weighted by Crippen LogP contribution is 2.18. The molecule has 0 amide bonds. The minimum absolute atomic E-state index is 0.806. The van der Waals surface area contributed by atoms with E-state index in [9.17, 15) is 0 Å². The summed E-state index contributed by atoms with van der Waals surface area (Å²) in [4.78, 5) is 0. The third-order valence-corrected chi connectivity index (χ3v) is 2.49. The first kappa shape index (κ1) is 9.96. The van der Waals surface area contributed by atoms with Crippen LogP contribution in [0.1, 0.15) is 19.8 Å². The number of rotatable bonds is 5. The van der Waals surface area contributed by atoms with Crippen molar-refractivity contribution in [2.75, 3.05) is 40.3 Å². The van der Waals surface area contributed by atoms with Crippen molar-refractivity contribution in [1.29, 1.82) is 0 Å². The van der Waals surface area contributed by atoms with Crippen LogP contribution in [0.15, 0.2) is 0 Å². The highest BCUT2D eigenvalue weighted by atomic mass is 16.5. The molecule has 1 aliphatic heterocycles. The van der Waals surface area contributed by atoms with Crippen LogP contribution in [0.25, 0.3) is 0 Å². The maximum atomic E-state index is 5.47. The van der Waals surface area contributed by atoms with E-state index in [1.807, 2.05) is 6.92 Å². The molecule has 1 fully saturated rings. The summed E-state index contributed by atoms with van der Waals surface area (Å²) in [5.74, 6) is 0. The van der Waals surface area contributed by atoms with Gasteiger partial charge in [0.2, 0.25) is 0 Å². The van der Waals surface area contributed by atoms with Crippen molar-refractivity contribution in [3.63, 3.8) is 0 Å². The summed E-state index contributed by atoms with van der Waals surface area (Å²) in [6, 6.07) is 0. The Morgan fingerprint density at radius 3 is 2.33 bits per heavy atom. The first-order valence-electron chi connectivity index (χ1n) is 4.75. The summed E-state index contributed by atoms with van der Waals surface area (Å²) in [7, 11) is 1.77. The van der Waals surface area contributed by atoms with Gasteiger partial charge in [0.1, 0.15) is 0 Å². The predicted molar refractivity (Wildman–Crippen MR) is 47.6 cm³/mol. The molecule has 3 nitrogen and oxygen atoms in total. The normalized spacial score (nSPS) is 21.5. The number of hydrogen-bond acceptors (Lipinski definition) is 2. The molecule has 1 saturated heterocycles. The minimum atomic E-state index is 0.806. The van der Waals surface area contributed by atoms with E-state index in [1.165, 1.54) is 25.9 Å². The molecule has 0 aromatic carbocycles. The van der Waals surface area contributed by atoms with Crippen LogP contribution in [-0.2, 0) is 9.47 Å². The van der Waals surface area contributed by atoms with Gasteiger partial charge in [0.15, 0.2) is 13.5 Å². The van der Waals surface area contributed by atoms with Gasteiger partial charge in [-0.05, 0) is 6.92 Å². The van der Waals surface area contributed by atoms with Gasteiger partial charge in [-0.1, -0.05) is 0 Å². The monoisotopic (exact) mass is 174 g/mol. The van der Waals surface area contributed by atoms with Crippen LogP contribution < -0.4 is 0 Å². The van der Waals surface area contributed by atoms with Crippen LogP contribution in [0, 0.1) is 0 Å². The number of nitrogens with zero attached hydrogens (tertiary/aromatic N) is 1. The average molecular weight is 174 g/mol. The Hall–Kier alpha value is -0.120. The molecule has 1 heterocycles. The summed E-state index contributed by atoms with van der Waals surface area (Å²) in [6.45, 7) is 6.91. The van der Waals surface area contributed by atoms with E-state index in [0.29, 0.717) is 0 Å². The lowest BCUT2D eigenvalue weighted by Crippen LogP contribution is -2.48. The van der Waals surface area contributed by atoms with Crippen LogP contribution in [0.5, 0.6) is 0 Å². The molecule has 1 aliphatic rings. The zero-order valence-electron chi connectivity index (χ0n) is 8.21. The molecule has 0 aliphatic carbocycles. The average Bonchev–Trinajstić information content (AvgIpc) is 2.51. The quantitative estimate of drug-likeness (QED) is 0.583. The molecule has 0 aromatic heterocycles. The summed E-state index contributed by atoms with van der Waals surface area (Å²) < 4.78 is 11.7. The Kier molecular flexibility index (Phi) is 3.98. The maximum Gasteiger partial charge on any atom is 0.184 e. The van der Waals surface area contributed by atoms with E-state index >= 15 is 0 Å². The summed E-state index contributed by atoms with van der Waals surface area (Å²) in [6.07, 6.45) is 2.63. The lowest BCUT2D eigenvalue weighted by molar-refractivity contribution is -0.951. The van der Waals surface area contributed by atoms with E-state index in [-0.39, 0.29) is 0 Å². The Labute approximate surface area is 74.8 Å². The molecule has 0 unspecified atom stereocenters. The van der Waals surface area contributed by atoms with Gasteiger partial charge in [0.25, 0.3) is 0 Å². The predicted octanol–water partition coefficient (Wildman–Crippen LogP) is 1.19. The Morgan fingerprint density at radius 1 is 1.17 bits per heavy atom. The van der Waals surface area contributed by atoms with Gasteiger partial charge in [0, 0.05) is 26.6 Å². The number of hydrogen-bond donors (Lipinski definition) is 0. The molecule has 0 N–H and O–H groups in total. The smallest absolute Gasteiger partial charge is 0.184 e. The lowest BCUT2D eigenvalue weighted by atomic mass is 10.4. The van der Waals surface area contributed by atoms with E-state index < -0.39 is 0 Å². The molecular weight excluding hydrogens is 154 g/mol. The van der Waals surface area contributed by atoms with Gasteiger partial charge in [-0.25, -0.2) is 0 Å². The van der Waals surface area contributed by atoms with E-state index in [2.05, 4.69) is 0 Å². The maximum absolute atomic E-state index is 5.47. The Morgan fingerprint density at radius 2 is 1.83 bits per heavy atom. The first-order chi connectivity index (χ1) is 5.83. The van der Waals surface area contributed by atoms with Crippen molar-refractivity contribution in [3.05, 3.63) is 0 Å². The van der Waals surface area contributed by atoms with Crippen LogP contribution >= 0.6 is 0 Å². The molecule has 0 bridgehead atoms. The second kappa shape index (κ2) is 4.80. The third-order valence-electron chi connectivity index (χ3n) is 2.49. The van der Waals surface area contributed by atoms with Crippen molar-refractivity contribution in [3.8, 4) is 0 Å². The van der Waals surface area contributed by atoms with Crippen molar-refractivity contribution >= 4 is 0 Å². The molecule has 1 rings (SSSR count). The lowest BCUT2D eigenvalue weighted by Gasteiger charge is -2.32. The van der Waals surface area contributed by atoms with Crippen molar-refractivity contribution < 1.29 is 14.0 Å². The topological polar surface area (TPSA) is 18.5 Å². The SMILES string of the molecule is CCOC[N+]1(COC)CCCC1. The number of ether oxygens (including phenoxy) is 2. The molecule has 0 saturated carbocycles. The molecule has 0 radical (unpaired) electrons. The van der Waals surface area contributed by atoms with Gasteiger partial charge < -0.3 is 9.47 Å². The molecule has 72 valence electrons. The summed E-state index contributed by atoms with van der Waals surface area (Å²) in [5.41, 5.74) is 0. The minimum Gasteiger partial charge on any atom is -0.335 e. The second-order valence-electron chi connectivity index (χ2n) is 3.54. The van der Waals surface area contributed by atoms with Crippen molar-refractivity contribution in [1.82, 2.24) is 0 Å². The summed E-state index contributed by atoms with van der Waals surface area (Å²) in [5, 5.41) is 0. The largest absolute Gasteiger partial charge is 0.335 e. The summed E-state index contributed by atoms with van der Waals surface area (Å²) >= 11 is 0. The van der Waals surface area contributed by atoms with Crippen molar-refractivity contribution in [2.45, 2.75) is 19.8 Å². The highest BCUT2D eigenvalue weighted by molar-refractivity contribution is 4.49. The zero-order valence-corrected chi connectivity index (χ0v) is 8.21. The van der Waals surface area contributed by atoms with E-state index in [0.717, 1.165) is 24.6 Å². The van der Waals surface area contributed by atoms with Gasteiger partial charge >= 0.3 is 0 Å². The number of methoxy groups -OCH3 is 1. The molecular formula is C9H20NO2+. The Balaban J connectivity index is 2.35. The zero-order chi connectivity index (χ0) is 8.86. The van der Waals surface area contributed by atoms with Gasteiger partial charge in [-0.2, -0.15) is 0 Å². The molecule has 3 heteroatoms. The molecule has 0 atom stereocenters. The Bertz CT molecular complexity index is 122. The fraction of sp³-hybridized carbons (Fsp3) is 1.00. The van der Waals surface area contributed by atoms with Crippen LogP contribution in [-0.4, -0.2) is 44.8 Å². The molecule has 0 aromatic rings. The van der Waals surface area contributed by atoms with Crippen LogP contribution in [0.4, 0.5) is 0 Å². The molecule has 12 heavy (non-hydrogen) atoms. The van der Waals surface area contributed by atoms with Crippen LogP contribution in [0.2, 0.25) is 0 Å². The number of likely N-dealkylation sites (tertiary alicyclic amines) is 1. The van der Waals surface area contributed by atoms with Gasteiger partial charge in [0.05, 0.1) is 13.1 Å². The number of quaternary nitrogens is 1. The van der Waals surface area contributed by atoms with Gasteiger partial charge in [-0.3, -0.25) is 4.48 Å². The molecule has 0 spiro atoms.